The van der Waals surface area contributed by atoms with Gasteiger partial charge >= 0.3 is 6.18 Å². The molecule has 0 aliphatic carbocycles. The van der Waals surface area contributed by atoms with Crippen molar-refractivity contribution in [3.8, 4) is 11.3 Å². The van der Waals surface area contributed by atoms with Gasteiger partial charge in [-0.25, -0.2) is 0 Å². The first-order valence-corrected chi connectivity index (χ1v) is 8.98. The van der Waals surface area contributed by atoms with E-state index in [1.807, 2.05) is 24.3 Å². The maximum Gasteiger partial charge on any atom is 0.416 e. The van der Waals surface area contributed by atoms with Gasteiger partial charge in [-0.2, -0.15) is 13.2 Å². The minimum atomic E-state index is -4.36. The quantitative estimate of drug-likeness (QED) is 0.587. The lowest BCUT2D eigenvalue weighted by atomic mass is 9.86. The highest BCUT2D eigenvalue weighted by molar-refractivity contribution is 5.59. The Balaban J connectivity index is 1.78. The third kappa shape index (κ3) is 4.42. The molecule has 0 bridgehead atoms. The Labute approximate surface area is 162 Å². The van der Waals surface area contributed by atoms with Crippen LogP contribution in [0.1, 0.15) is 49.1 Å². The smallest absolute Gasteiger partial charge is 0.384 e. The van der Waals surface area contributed by atoms with E-state index in [1.165, 1.54) is 17.7 Å². The van der Waals surface area contributed by atoms with Crippen molar-refractivity contribution in [1.29, 1.82) is 0 Å². The fourth-order valence-corrected chi connectivity index (χ4v) is 2.93. The molecule has 0 radical (unpaired) electrons. The first kappa shape index (κ1) is 20.1. The Morgan fingerprint density at radius 3 is 1.75 bits per heavy atom. The molecular weight excluding hydrogens is 363 g/mol. The van der Waals surface area contributed by atoms with Crippen molar-refractivity contribution in [3.05, 3.63) is 89.1 Å². The molecule has 5 heteroatoms. The Hall–Kier alpha value is -2.66. The average Bonchev–Trinajstić information content (AvgIpc) is 2.66. The van der Waals surface area contributed by atoms with Crippen LogP contribution in [0.4, 0.5) is 13.2 Å². The zero-order valence-electron chi connectivity index (χ0n) is 16.0. The van der Waals surface area contributed by atoms with Crippen LogP contribution < -0.4 is 0 Å². The lowest BCUT2D eigenvalue weighted by molar-refractivity contribution is -0.137. The molecule has 0 aliphatic heterocycles. The predicted octanol–water partition coefficient (Wildman–Crippen LogP) is 6.15. The van der Waals surface area contributed by atoms with Crippen LogP contribution in [0.25, 0.3) is 11.3 Å². The number of hydrogen-bond donors (Lipinski definition) is 1. The highest BCUT2D eigenvalue weighted by atomic mass is 19.4. The molecule has 0 unspecified atom stereocenters. The van der Waals surface area contributed by atoms with E-state index in [-0.39, 0.29) is 5.41 Å². The fraction of sp³-hybridized carbons (Fsp3) is 0.261. The molecule has 0 amide bonds. The van der Waals surface area contributed by atoms with Gasteiger partial charge in [0.05, 0.1) is 11.3 Å². The van der Waals surface area contributed by atoms with Gasteiger partial charge in [-0.05, 0) is 34.7 Å². The largest absolute Gasteiger partial charge is 0.416 e. The molecule has 0 aliphatic rings. The van der Waals surface area contributed by atoms with Gasteiger partial charge in [0.2, 0.25) is 0 Å². The highest BCUT2D eigenvalue weighted by Gasteiger charge is 2.30. The molecule has 3 rings (SSSR count). The molecule has 0 saturated heterocycles. The van der Waals surface area contributed by atoms with Gasteiger partial charge in [-0.1, -0.05) is 63.2 Å². The number of aliphatic hydroxyl groups is 1. The summed E-state index contributed by atoms with van der Waals surface area (Å²) in [4.78, 5) is 4.30. The number of hydrogen-bond acceptors (Lipinski definition) is 2. The van der Waals surface area contributed by atoms with E-state index in [4.69, 9.17) is 0 Å². The molecule has 2 aromatic carbocycles. The van der Waals surface area contributed by atoms with E-state index in [0.29, 0.717) is 16.8 Å². The molecule has 1 atom stereocenters. The number of benzene rings is 2. The van der Waals surface area contributed by atoms with Crippen LogP contribution in [0.5, 0.6) is 0 Å². The van der Waals surface area contributed by atoms with Crippen LogP contribution >= 0.6 is 0 Å². The number of halogens is 3. The Bertz CT molecular complexity index is 922. The molecule has 28 heavy (non-hydrogen) atoms. The number of aliphatic hydroxyl groups excluding tert-OH is 1. The highest BCUT2D eigenvalue weighted by Crippen LogP contribution is 2.31. The van der Waals surface area contributed by atoms with Gasteiger partial charge < -0.3 is 5.11 Å². The topological polar surface area (TPSA) is 33.1 Å². The Kier molecular flexibility index (Phi) is 5.31. The van der Waals surface area contributed by atoms with Crippen LogP contribution in [0.2, 0.25) is 0 Å². The van der Waals surface area contributed by atoms with E-state index in [2.05, 4.69) is 25.8 Å². The molecule has 1 heterocycles. The van der Waals surface area contributed by atoms with Crippen molar-refractivity contribution in [2.75, 3.05) is 0 Å². The second-order valence-corrected chi connectivity index (χ2v) is 7.83. The summed E-state index contributed by atoms with van der Waals surface area (Å²) in [6, 6.07) is 16.1. The van der Waals surface area contributed by atoms with Crippen LogP contribution in [-0.4, -0.2) is 10.1 Å². The monoisotopic (exact) mass is 385 g/mol. The molecule has 0 fully saturated rings. The van der Waals surface area contributed by atoms with Gasteiger partial charge in [0, 0.05) is 17.3 Å². The van der Waals surface area contributed by atoms with Crippen molar-refractivity contribution in [2.24, 2.45) is 0 Å². The van der Waals surface area contributed by atoms with Gasteiger partial charge in [0.25, 0.3) is 0 Å². The molecule has 1 N–H and O–H groups in total. The number of aromatic nitrogens is 1. The molecule has 1 aromatic heterocycles. The fourth-order valence-electron chi connectivity index (χ4n) is 2.93. The summed E-state index contributed by atoms with van der Waals surface area (Å²) >= 11 is 0. The van der Waals surface area contributed by atoms with Crippen LogP contribution in [0, 0.1) is 0 Å². The number of nitrogens with zero attached hydrogens (tertiary/aromatic N) is 1. The summed E-state index contributed by atoms with van der Waals surface area (Å²) in [6.07, 6.45) is -3.62. The number of alkyl halides is 3. The van der Waals surface area contributed by atoms with Crippen molar-refractivity contribution >= 4 is 0 Å². The molecule has 2 nitrogen and oxygen atoms in total. The summed E-state index contributed by atoms with van der Waals surface area (Å²) in [6.45, 7) is 6.38. The van der Waals surface area contributed by atoms with Crippen molar-refractivity contribution in [1.82, 2.24) is 4.98 Å². The second kappa shape index (κ2) is 7.40. The number of pyridine rings is 1. The zero-order valence-corrected chi connectivity index (χ0v) is 16.0. The van der Waals surface area contributed by atoms with Gasteiger partial charge in [-0.3, -0.25) is 4.98 Å². The third-order valence-electron chi connectivity index (χ3n) is 4.70. The Morgan fingerprint density at radius 2 is 1.29 bits per heavy atom. The van der Waals surface area contributed by atoms with Crippen LogP contribution in [0.3, 0.4) is 0 Å². The van der Waals surface area contributed by atoms with Gasteiger partial charge in [0.1, 0.15) is 6.10 Å². The number of rotatable bonds is 3. The summed E-state index contributed by atoms with van der Waals surface area (Å²) < 4.78 is 38.0. The minimum Gasteiger partial charge on any atom is -0.384 e. The lowest BCUT2D eigenvalue weighted by Crippen LogP contribution is -2.11. The third-order valence-corrected chi connectivity index (χ3v) is 4.70. The minimum absolute atomic E-state index is 0.0361. The zero-order chi connectivity index (χ0) is 20.5. The first-order valence-electron chi connectivity index (χ1n) is 8.98. The van der Waals surface area contributed by atoms with E-state index >= 15 is 0 Å². The molecular formula is C23H22F3NO. The van der Waals surface area contributed by atoms with E-state index < -0.39 is 17.8 Å². The SMILES string of the molecule is CC(C)(C)c1ccc([C@H](O)c2ccc(-c3ccc(C(F)(F)F)cc3)nc2)cc1. The standard InChI is InChI=1S/C23H22F3NO/c1-22(2,3)18-9-6-16(7-10-18)21(28)17-8-13-20(27-14-17)15-4-11-19(12-5-15)23(24,25)26/h4-14,21,28H,1-3H3/t21-/m0/s1. The Morgan fingerprint density at radius 1 is 0.750 bits per heavy atom. The molecule has 0 spiro atoms. The molecule has 146 valence electrons. The normalized spacial score (nSPS) is 13.4. The predicted molar refractivity (Wildman–Crippen MR) is 104 cm³/mol. The van der Waals surface area contributed by atoms with Crippen molar-refractivity contribution in [3.63, 3.8) is 0 Å². The van der Waals surface area contributed by atoms with Crippen LogP contribution in [0.15, 0.2) is 66.9 Å². The lowest BCUT2D eigenvalue weighted by Gasteiger charge is -2.20. The maximum absolute atomic E-state index is 12.7. The first-order chi connectivity index (χ1) is 13.1. The van der Waals surface area contributed by atoms with Crippen molar-refractivity contribution in [2.45, 2.75) is 38.5 Å². The molecule has 0 saturated carbocycles. The summed E-state index contributed by atoms with van der Waals surface area (Å²) in [5.41, 5.74) is 3.04. The second-order valence-electron chi connectivity index (χ2n) is 7.83. The van der Waals surface area contributed by atoms with E-state index in [0.717, 1.165) is 17.7 Å². The van der Waals surface area contributed by atoms with Gasteiger partial charge in [0.15, 0.2) is 0 Å². The van der Waals surface area contributed by atoms with Gasteiger partial charge in [-0.15, -0.1) is 0 Å². The molecule has 3 aromatic rings. The average molecular weight is 385 g/mol. The van der Waals surface area contributed by atoms with Crippen LogP contribution in [-0.2, 0) is 11.6 Å². The van der Waals surface area contributed by atoms with E-state index in [1.54, 1.807) is 18.3 Å². The van der Waals surface area contributed by atoms with Crippen molar-refractivity contribution < 1.29 is 18.3 Å². The summed E-state index contributed by atoms with van der Waals surface area (Å²) in [7, 11) is 0. The maximum atomic E-state index is 12.7. The summed E-state index contributed by atoms with van der Waals surface area (Å²) in [5.74, 6) is 0. The summed E-state index contributed by atoms with van der Waals surface area (Å²) in [5, 5.41) is 10.6. The van der Waals surface area contributed by atoms with E-state index in [9.17, 15) is 18.3 Å².